The minimum absolute atomic E-state index is 1.04. The lowest BCUT2D eigenvalue weighted by molar-refractivity contribution is 0.967. The number of allylic oxidation sites excluding steroid dienone is 2. The van der Waals surface area contributed by atoms with Crippen molar-refractivity contribution in [3.63, 3.8) is 0 Å². The van der Waals surface area contributed by atoms with E-state index in [1.807, 2.05) is 6.08 Å². The van der Waals surface area contributed by atoms with E-state index in [0.29, 0.717) is 0 Å². The molecule has 4 aromatic heterocycles. The molecule has 0 N–H and O–H groups in total. The van der Waals surface area contributed by atoms with Crippen molar-refractivity contribution in [2.45, 2.75) is 19.8 Å². The highest BCUT2D eigenvalue weighted by Crippen LogP contribution is 2.45. The molecule has 46 heavy (non-hydrogen) atoms. The highest BCUT2D eigenvalue weighted by molar-refractivity contribution is 6.30. The molecule has 0 bridgehead atoms. The van der Waals surface area contributed by atoms with E-state index in [1.165, 1.54) is 82.4 Å². The third kappa shape index (κ3) is 3.17. The molecule has 0 unspecified atom stereocenters. The molecule has 3 heteroatoms. The van der Waals surface area contributed by atoms with Crippen molar-refractivity contribution in [3.05, 3.63) is 144 Å². The Labute approximate surface area is 266 Å². The van der Waals surface area contributed by atoms with Gasteiger partial charge >= 0.3 is 0 Å². The van der Waals surface area contributed by atoms with E-state index in [9.17, 15) is 0 Å². The third-order valence-corrected chi connectivity index (χ3v) is 10.1. The molecule has 0 spiro atoms. The average molecular weight is 590 g/mol. The van der Waals surface area contributed by atoms with Crippen molar-refractivity contribution in [2.24, 2.45) is 0 Å². The molecular weight excluding hydrogens is 558 g/mol. The molecule has 0 aliphatic heterocycles. The second-order valence-electron chi connectivity index (χ2n) is 12.4. The SMILES string of the molecule is C=Cc1c(/C=C\C)c2c3c4cccc5c6ccccc6n(c3ccc2n1-c1ccc2c(c1)c1c(n2-c2ccccc2)C=CCC1)c54. The molecule has 1 aliphatic carbocycles. The van der Waals surface area contributed by atoms with Gasteiger partial charge in [0.1, 0.15) is 0 Å². The zero-order valence-electron chi connectivity index (χ0n) is 25.7. The van der Waals surface area contributed by atoms with E-state index in [0.717, 1.165) is 24.2 Å². The molecule has 10 rings (SSSR count). The quantitative estimate of drug-likeness (QED) is 0.194. The van der Waals surface area contributed by atoms with E-state index in [4.69, 9.17) is 0 Å². The summed E-state index contributed by atoms with van der Waals surface area (Å²) in [7, 11) is 0. The van der Waals surface area contributed by atoms with Crippen LogP contribution in [0.2, 0.25) is 0 Å². The predicted octanol–water partition coefficient (Wildman–Crippen LogP) is 11.4. The van der Waals surface area contributed by atoms with Gasteiger partial charge in [-0.25, -0.2) is 0 Å². The minimum atomic E-state index is 1.04. The maximum atomic E-state index is 4.36. The fourth-order valence-electron chi connectivity index (χ4n) is 8.38. The first kappa shape index (κ1) is 25.5. The Bertz CT molecular complexity index is 2760. The van der Waals surface area contributed by atoms with Crippen LogP contribution in [0.15, 0.2) is 122 Å². The van der Waals surface area contributed by atoms with Crippen LogP contribution in [0.25, 0.3) is 89.5 Å². The van der Waals surface area contributed by atoms with Crippen molar-refractivity contribution in [1.82, 2.24) is 13.5 Å². The number of aromatic nitrogens is 3. The Morgan fingerprint density at radius 1 is 0.652 bits per heavy atom. The smallest absolute Gasteiger partial charge is 0.0620 e. The van der Waals surface area contributed by atoms with Crippen LogP contribution in [0.4, 0.5) is 0 Å². The Hall–Kier alpha value is -5.80. The lowest BCUT2D eigenvalue weighted by Crippen LogP contribution is -1.99. The molecule has 0 saturated carbocycles. The number of hydrogen-bond acceptors (Lipinski definition) is 0. The van der Waals surface area contributed by atoms with Crippen LogP contribution in [-0.2, 0) is 6.42 Å². The van der Waals surface area contributed by atoms with Gasteiger partial charge in [-0.15, -0.1) is 0 Å². The molecule has 0 saturated heterocycles. The van der Waals surface area contributed by atoms with E-state index in [2.05, 4.69) is 154 Å². The number of nitrogens with zero attached hydrogens (tertiary/aromatic N) is 3. The van der Waals surface area contributed by atoms with Crippen LogP contribution < -0.4 is 0 Å². The lowest BCUT2D eigenvalue weighted by atomic mass is 10.0. The summed E-state index contributed by atoms with van der Waals surface area (Å²) >= 11 is 0. The first-order valence-electron chi connectivity index (χ1n) is 16.2. The number of rotatable bonds is 4. The van der Waals surface area contributed by atoms with Crippen molar-refractivity contribution in [3.8, 4) is 11.4 Å². The molecule has 5 aromatic carbocycles. The molecule has 0 radical (unpaired) electrons. The Kier molecular flexibility index (Phi) is 5.19. The first-order valence-corrected chi connectivity index (χ1v) is 16.2. The number of hydrogen-bond donors (Lipinski definition) is 0. The summed E-state index contributed by atoms with van der Waals surface area (Å²) in [6.07, 6.45) is 13.2. The van der Waals surface area contributed by atoms with E-state index >= 15 is 0 Å². The maximum Gasteiger partial charge on any atom is 0.0620 e. The number of benzene rings is 5. The second kappa shape index (κ2) is 9.35. The largest absolute Gasteiger partial charge is 0.310 e. The van der Waals surface area contributed by atoms with Crippen LogP contribution >= 0.6 is 0 Å². The lowest BCUT2D eigenvalue weighted by Gasteiger charge is -2.12. The maximum absolute atomic E-state index is 4.36. The summed E-state index contributed by atoms with van der Waals surface area (Å²) in [4.78, 5) is 0. The fraction of sp³-hybridized carbons (Fsp3) is 0.0698. The van der Waals surface area contributed by atoms with Gasteiger partial charge in [-0.1, -0.05) is 79.4 Å². The fourth-order valence-corrected chi connectivity index (χ4v) is 8.38. The van der Waals surface area contributed by atoms with Gasteiger partial charge < -0.3 is 13.5 Å². The van der Waals surface area contributed by atoms with Crippen molar-refractivity contribution in [1.29, 1.82) is 0 Å². The highest BCUT2D eigenvalue weighted by Gasteiger charge is 2.25. The van der Waals surface area contributed by atoms with Crippen molar-refractivity contribution < 1.29 is 0 Å². The standard InChI is InChI=1S/C43H31N3/c1-3-13-32-35(4-2)45(28-22-23-38-34(26-28)30-17-9-10-20-36(30)44(38)27-14-6-5-7-15-27)39-24-25-40-42(41(32)39)33-19-12-18-31-29-16-8-11-21-37(29)46(40)43(31)33/h3-8,10-16,18-26H,2,9,17H2,1H3/b13-3-. The summed E-state index contributed by atoms with van der Waals surface area (Å²) in [5, 5.41) is 7.80. The van der Waals surface area contributed by atoms with Crippen LogP contribution in [0, 0.1) is 0 Å². The normalized spacial score (nSPS) is 13.5. The van der Waals surface area contributed by atoms with E-state index < -0.39 is 0 Å². The zero-order valence-corrected chi connectivity index (χ0v) is 25.7. The number of fused-ring (bicyclic) bond motifs is 11. The molecular formula is C43H31N3. The molecule has 0 fully saturated rings. The monoisotopic (exact) mass is 589 g/mol. The Morgan fingerprint density at radius 2 is 1.43 bits per heavy atom. The van der Waals surface area contributed by atoms with Crippen LogP contribution in [-0.4, -0.2) is 13.5 Å². The first-order chi connectivity index (χ1) is 22.8. The van der Waals surface area contributed by atoms with Crippen molar-refractivity contribution >= 4 is 78.1 Å². The molecule has 3 nitrogen and oxygen atoms in total. The summed E-state index contributed by atoms with van der Waals surface area (Å²) in [6.45, 7) is 6.47. The minimum Gasteiger partial charge on any atom is -0.310 e. The van der Waals surface area contributed by atoms with E-state index in [1.54, 1.807) is 0 Å². The predicted molar refractivity (Wildman–Crippen MR) is 197 cm³/mol. The van der Waals surface area contributed by atoms with Gasteiger partial charge in [0.05, 0.1) is 33.3 Å². The van der Waals surface area contributed by atoms with Gasteiger partial charge in [0.15, 0.2) is 0 Å². The van der Waals surface area contributed by atoms with Gasteiger partial charge in [0, 0.05) is 54.9 Å². The molecule has 1 aliphatic rings. The van der Waals surface area contributed by atoms with Crippen LogP contribution in [0.5, 0.6) is 0 Å². The van der Waals surface area contributed by atoms with Crippen LogP contribution in [0.3, 0.4) is 0 Å². The molecule has 0 atom stereocenters. The van der Waals surface area contributed by atoms with Crippen LogP contribution in [0.1, 0.15) is 35.9 Å². The summed E-state index contributed by atoms with van der Waals surface area (Å²) in [5.41, 5.74) is 13.6. The van der Waals surface area contributed by atoms with Gasteiger partial charge in [0.25, 0.3) is 0 Å². The third-order valence-electron chi connectivity index (χ3n) is 10.1. The Balaban J connectivity index is 1.32. The van der Waals surface area contributed by atoms with Gasteiger partial charge in [-0.3, -0.25) is 0 Å². The summed E-state index contributed by atoms with van der Waals surface area (Å²) in [5.74, 6) is 0. The topological polar surface area (TPSA) is 14.3 Å². The molecule has 0 amide bonds. The number of para-hydroxylation sites is 3. The second-order valence-corrected chi connectivity index (χ2v) is 12.4. The summed E-state index contributed by atoms with van der Waals surface area (Å²) in [6, 6.07) is 37.9. The zero-order chi connectivity index (χ0) is 30.5. The average Bonchev–Trinajstić information content (AvgIpc) is 3.82. The molecule has 218 valence electrons. The molecule has 9 aromatic rings. The summed E-state index contributed by atoms with van der Waals surface area (Å²) < 4.78 is 7.31. The van der Waals surface area contributed by atoms with Gasteiger partial charge in [0.2, 0.25) is 0 Å². The van der Waals surface area contributed by atoms with Gasteiger partial charge in [-0.05, 0) is 86.0 Å². The van der Waals surface area contributed by atoms with E-state index in [-0.39, 0.29) is 0 Å². The highest BCUT2D eigenvalue weighted by atomic mass is 15.0. The molecule has 4 heterocycles. The Morgan fingerprint density at radius 3 is 2.30 bits per heavy atom. The number of aryl methyl sites for hydroxylation is 1. The van der Waals surface area contributed by atoms with Crippen molar-refractivity contribution in [2.75, 3.05) is 0 Å². The van der Waals surface area contributed by atoms with Gasteiger partial charge in [-0.2, -0.15) is 0 Å².